The molecule has 1 aliphatic rings. The maximum Gasteiger partial charge on any atom is 0.144 e. The van der Waals surface area contributed by atoms with Crippen molar-refractivity contribution >= 4 is 11.4 Å². The number of aliphatic hydroxyl groups is 1. The van der Waals surface area contributed by atoms with Crippen LogP contribution in [0.3, 0.4) is 0 Å². The van der Waals surface area contributed by atoms with Gasteiger partial charge in [0.15, 0.2) is 0 Å². The van der Waals surface area contributed by atoms with Gasteiger partial charge in [0.25, 0.3) is 0 Å². The summed E-state index contributed by atoms with van der Waals surface area (Å²) in [5, 5.41) is 10.1. The van der Waals surface area contributed by atoms with Crippen molar-refractivity contribution in [2.45, 2.75) is 38.7 Å². The predicted molar refractivity (Wildman–Crippen MR) is 78.7 cm³/mol. The van der Waals surface area contributed by atoms with E-state index in [1.165, 1.54) is 0 Å². The third-order valence-corrected chi connectivity index (χ3v) is 3.75. The molecule has 0 spiro atoms. The Hall–Kier alpha value is -1.42. The second-order valence-electron chi connectivity index (χ2n) is 5.46. The lowest BCUT2D eigenvalue weighted by Gasteiger charge is -2.26. The van der Waals surface area contributed by atoms with E-state index in [4.69, 9.17) is 10.5 Å². The molecule has 0 bridgehead atoms. The van der Waals surface area contributed by atoms with E-state index in [9.17, 15) is 5.11 Å². The van der Waals surface area contributed by atoms with E-state index in [0.29, 0.717) is 12.3 Å². The summed E-state index contributed by atoms with van der Waals surface area (Å²) in [6.07, 6.45) is 2.59. The van der Waals surface area contributed by atoms with E-state index in [-0.39, 0.29) is 0 Å². The van der Waals surface area contributed by atoms with Gasteiger partial charge in [-0.05, 0) is 45.2 Å². The van der Waals surface area contributed by atoms with Crippen molar-refractivity contribution < 1.29 is 9.84 Å². The smallest absolute Gasteiger partial charge is 0.144 e. The van der Waals surface area contributed by atoms with Crippen LogP contribution in [0.15, 0.2) is 18.2 Å². The topological polar surface area (TPSA) is 58.7 Å². The highest BCUT2D eigenvalue weighted by molar-refractivity contribution is 5.74. The Morgan fingerprint density at radius 2 is 2.16 bits per heavy atom. The van der Waals surface area contributed by atoms with Gasteiger partial charge in [0.1, 0.15) is 5.75 Å². The first-order valence-electron chi connectivity index (χ1n) is 7.02. The summed E-state index contributed by atoms with van der Waals surface area (Å²) >= 11 is 0. The molecule has 1 heterocycles. The van der Waals surface area contributed by atoms with E-state index in [1.807, 2.05) is 32.0 Å². The fourth-order valence-electron chi connectivity index (χ4n) is 2.59. The number of anilines is 2. The second-order valence-corrected chi connectivity index (χ2v) is 5.46. The Morgan fingerprint density at radius 3 is 2.89 bits per heavy atom. The zero-order chi connectivity index (χ0) is 13.9. The van der Waals surface area contributed by atoms with Gasteiger partial charge in [0, 0.05) is 13.1 Å². The van der Waals surface area contributed by atoms with Gasteiger partial charge in [-0.25, -0.2) is 0 Å². The molecule has 1 unspecified atom stereocenters. The predicted octanol–water partition coefficient (Wildman–Crippen LogP) is 2.41. The van der Waals surface area contributed by atoms with Crippen molar-refractivity contribution in [1.29, 1.82) is 0 Å². The van der Waals surface area contributed by atoms with Crippen LogP contribution in [0.5, 0.6) is 5.75 Å². The van der Waals surface area contributed by atoms with Crippen molar-refractivity contribution in [3.63, 3.8) is 0 Å². The number of nitrogen functional groups attached to an aromatic ring is 1. The first-order chi connectivity index (χ1) is 9.03. The molecule has 1 saturated heterocycles. The lowest BCUT2D eigenvalue weighted by molar-refractivity contribution is 0.0481. The maximum absolute atomic E-state index is 10.1. The summed E-state index contributed by atoms with van der Waals surface area (Å²) in [4.78, 5) is 2.25. The van der Waals surface area contributed by atoms with E-state index >= 15 is 0 Å². The highest BCUT2D eigenvalue weighted by Gasteiger charge is 2.26. The third kappa shape index (κ3) is 3.32. The van der Waals surface area contributed by atoms with Crippen LogP contribution >= 0.6 is 0 Å². The van der Waals surface area contributed by atoms with Gasteiger partial charge in [-0.1, -0.05) is 6.07 Å². The van der Waals surface area contributed by atoms with Crippen LogP contribution in [0.25, 0.3) is 0 Å². The molecule has 0 radical (unpaired) electrons. The molecular formula is C15H24N2O2. The molecule has 1 fully saturated rings. The van der Waals surface area contributed by atoms with Crippen LogP contribution in [-0.4, -0.2) is 30.4 Å². The van der Waals surface area contributed by atoms with Crippen molar-refractivity contribution in [2.75, 3.05) is 30.3 Å². The minimum atomic E-state index is -0.555. The molecule has 1 aliphatic heterocycles. The monoisotopic (exact) mass is 264 g/mol. The molecule has 0 amide bonds. The number of benzene rings is 1. The van der Waals surface area contributed by atoms with E-state index in [0.717, 1.165) is 43.8 Å². The number of ether oxygens (including phenoxy) is 1. The van der Waals surface area contributed by atoms with E-state index in [1.54, 1.807) is 0 Å². The Morgan fingerprint density at radius 1 is 1.37 bits per heavy atom. The number of para-hydroxylation sites is 1. The van der Waals surface area contributed by atoms with Crippen LogP contribution in [0.1, 0.15) is 33.1 Å². The van der Waals surface area contributed by atoms with Gasteiger partial charge in [-0.2, -0.15) is 0 Å². The molecule has 0 aromatic heterocycles. The van der Waals surface area contributed by atoms with Crippen LogP contribution in [-0.2, 0) is 0 Å². The number of hydrogen-bond acceptors (Lipinski definition) is 4. The van der Waals surface area contributed by atoms with Gasteiger partial charge in [-0.15, -0.1) is 0 Å². The third-order valence-electron chi connectivity index (χ3n) is 3.75. The summed E-state index contributed by atoms with van der Waals surface area (Å²) in [6.45, 7) is 6.23. The van der Waals surface area contributed by atoms with Crippen LogP contribution in [0.2, 0.25) is 0 Å². The molecule has 4 nitrogen and oxygen atoms in total. The fourth-order valence-corrected chi connectivity index (χ4v) is 2.59. The maximum atomic E-state index is 10.1. The molecule has 1 atom stereocenters. The Labute approximate surface area is 115 Å². The average Bonchev–Trinajstić information content (AvgIpc) is 2.53. The number of nitrogens with two attached hydrogens (primary N) is 1. The Balaban J connectivity index is 2.19. The highest BCUT2D eigenvalue weighted by Crippen LogP contribution is 2.34. The summed E-state index contributed by atoms with van der Waals surface area (Å²) in [7, 11) is 0. The molecule has 0 saturated carbocycles. The Kier molecular flexibility index (Phi) is 4.20. The highest BCUT2D eigenvalue weighted by atomic mass is 16.5. The van der Waals surface area contributed by atoms with Gasteiger partial charge in [0.05, 0.1) is 23.6 Å². The van der Waals surface area contributed by atoms with Crippen LogP contribution in [0, 0.1) is 0 Å². The number of hydrogen-bond donors (Lipinski definition) is 2. The van der Waals surface area contributed by atoms with E-state index in [2.05, 4.69) is 4.90 Å². The Bertz CT molecular complexity index is 432. The van der Waals surface area contributed by atoms with Gasteiger partial charge < -0.3 is 20.5 Å². The number of nitrogens with zero attached hydrogens (tertiary/aromatic N) is 1. The quantitative estimate of drug-likeness (QED) is 0.823. The molecule has 106 valence electrons. The fraction of sp³-hybridized carbons (Fsp3) is 0.600. The van der Waals surface area contributed by atoms with Gasteiger partial charge in [0.2, 0.25) is 0 Å². The molecule has 4 heteroatoms. The molecule has 19 heavy (non-hydrogen) atoms. The van der Waals surface area contributed by atoms with Crippen molar-refractivity contribution in [3.05, 3.63) is 18.2 Å². The first-order valence-corrected chi connectivity index (χ1v) is 7.02. The van der Waals surface area contributed by atoms with Crippen LogP contribution < -0.4 is 15.4 Å². The van der Waals surface area contributed by atoms with Crippen molar-refractivity contribution in [3.8, 4) is 5.75 Å². The van der Waals surface area contributed by atoms with Crippen LogP contribution in [0.4, 0.5) is 11.4 Å². The van der Waals surface area contributed by atoms with Gasteiger partial charge in [-0.3, -0.25) is 0 Å². The zero-order valence-corrected chi connectivity index (χ0v) is 11.9. The minimum absolute atomic E-state index is 0.555. The average molecular weight is 264 g/mol. The summed E-state index contributed by atoms with van der Waals surface area (Å²) in [5.41, 5.74) is 7.35. The molecule has 1 aromatic carbocycles. The van der Waals surface area contributed by atoms with Crippen molar-refractivity contribution in [2.24, 2.45) is 0 Å². The van der Waals surface area contributed by atoms with E-state index < -0.39 is 5.60 Å². The summed E-state index contributed by atoms with van der Waals surface area (Å²) < 4.78 is 5.54. The SMILES string of the molecule is CCOc1cccc(N2CCCC(C)(O)CC2)c1N. The standard InChI is InChI=1S/C15H24N2O2/c1-3-19-13-7-4-6-12(14(13)16)17-10-5-8-15(2,18)9-11-17/h4,6-7,18H,3,5,8-11,16H2,1-2H3. The number of rotatable bonds is 3. The molecule has 2 rings (SSSR count). The lowest BCUT2D eigenvalue weighted by atomic mass is 9.98. The second kappa shape index (κ2) is 5.70. The summed E-state index contributed by atoms with van der Waals surface area (Å²) in [5.74, 6) is 0.746. The zero-order valence-electron chi connectivity index (χ0n) is 11.9. The molecule has 1 aromatic rings. The largest absolute Gasteiger partial charge is 0.492 e. The van der Waals surface area contributed by atoms with Crippen molar-refractivity contribution in [1.82, 2.24) is 0 Å². The first kappa shape index (κ1) is 14.0. The minimum Gasteiger partial charge on any atom is -0.492 e. The van der Waals surface area contributed by atoms with Gasteiger partial charge >= 0.3 is 0 Å². The normalized spacial score (nSPS) is 24.1. The lowest BCUT2D eigenvalue weighted by Crippen LogP contribution is -2.28. The summed E-state index contributed by atoms with van der Waals surface area (Å²) in [6, 6.07) is 5.90. The molecule has 3 N–H and O–H groups in total. The molecular weight excluding hydrogens is 240 g/mol. The molecule has 0 aliphatic carbocycles.